The summed E-state index contributed by atoms with van der Waals surface area (Å²) in [6.07, 6.45) is 4.95. The van der Waals surface area contributed by atoms with Crippen molar-refractivity contribution in [2.75, 3.05) is 24.6 Å². The van der Waals surface area contributed by atoms with Crippen LogP contribution in [-0.2, 0) is 16.0 Å². The lowest BCUT2D eigenvalue weighted by Crippen LogP contribution is -2.37. The second-order valence-electron chi connectivity index (χ2n) is 12.3. The topological polar surface area (TPSA) is 84.8 Å². The van der Waals surface area contributed by atoms with Gasteiger partial charge in [-0.15, -0.1) is 0 Å². The Bertz CT molecular complexity index is 1340. The number of carboxylic acids is 1. The second kappa shape index (κ2) is 11.9. The number of carbonyl (C=O) groups is 1. The van der Waals surface area contributed by atoms with Gasteiger partial charge in [-0.05, 0) is 75.8 Å². The predicted molar refractivity (Wildman–Crippen MR) is 154 cm³/mol. The normalized spacial score (nSPS) is 16.0. The molecule has 1 saturated heterocycles. The number of carboxylic acid groups (broad SMARTS) is 1. The lowest BCUT2D eigenvalue weighted by atomic mass is 9.82. The summed E-state index contributed by atoms with van der Waals surface area (Å²) in [5, 5.41) is 9.94. The fourth-order valence-corrected chi connectivity index (χ4v) is 4.83. The van der Waals surface area contributed by atoms with E-state index >= 15 is 0 Å². The maximum atomic E-state index is 13.6. The molecule has 4 rings (SSSR count). The zero-order valence-electron chi connectivity index (χ0n) is 24.3. The van der Waals surface area contributed by atoms with E-state index in [-0.39, 0.29) is 11.2 Å². The van der Waals surface area contributed by atoms with Crippen LogP contribution in [0.1, 0.15) is 70.4 Å². The van der Waals surface area contributed by atoms with E-state index in [2.05, 4.69) is 28.7 Å². The van der Waals surface area contributed by atoms with Crippen LogP contribution in [0.5, 0.6) is 5.75 Å². The van der Waals surface area contributed by atoms with Gasteiger partial charge in [0.05, 0.1) is 29.8 Å². The molecular weight excluding hydrogens is 509 g/mol. The first kappa shape index (κ1) is 29.5. The van der Waals surface area contributed by atoms with Crippen LogP contribution in [0.15, 0.2) is 48.8 Å². The fourth-order valence-electron chi connectivity index (χ4n) is 4.83. The molecule has 3 aromatic rings. The third-order valence-electron chi connectivity index (χ3n) is 7.24. The molecule has 7 nitrogen and oxygen atoms in total. The van der Waals surface area contributed by atoms with Gasteiger partial charge in [0.25, 0.3) is 0 Å². The Balaban J connectivity index is 1.65. The summed E-state index contributed by atoms with van der Waals surface area (Å²) >= 11 is 0. The van der Waals surface area contributed by atoms with Gasteiger partial charge in [0, 0.05) is 42.5 Å². The van der Waals surface area contributed by atoms with Crippen LogP contribution in [-0.4, -0.2) is 46.3 Å². The van der Waals surface area contributed by atoms with Gasteiger partial charge in [-0.2, -0.15) is 0 Å². The standard InChI is InChI=1S/C32H40FN3O4/c1-21-25(29(30(37)38)40-31(2,3)4)17-23(19-34-21)26-18-27(36-13-11-32(5,6)12-14-36)28(20-35-26)39-15-10-22-8-7-9-24(33)16-22/h7-9,16-20,29H,10-15H2,1-6H3,(H,37,38)/t29-/m0/s1. The first-order valence-electron chi connectivity index (χ1n) is 13.8. The molecule has 214 valence electrons. The van der Waals surface area contributed by atoms with E-state index in [1.807, 2.05) is 39.0 Å². The van der Waals surface area contributed by atoms with E-state index in [4.69, 9.17) is 9.47 Å². The van der Waals surface area contributed by atoms with Gasteiger partial charge in [-0.3, -0.25) is 9.97 Å². The monoisotopic (exact) mass is 549 g/mol. The van der Waals surface area contributed by atoms with Crippen LogP contribution in [0.3, 0.4) is 0 Å². The smallest absolute Gasteiger partial charge is 0.337 e. The van der Waals surface area contributed by atoms with Crippen molar-refractivity contribution in [2.45, 2.75) is 72.5 Å². The molecule has 0 unspecified atom stereocenters. The van der Waals surface area contributed by atoms with Gasteiger partial charge < -0.3 is 19.5 Å². The first-order chi connectivity index (χ1) is 18.8. The molecule has 3 heterocycles. The highest BCUT2D eigenvalue weighted by Gasteiger charge is 2.30. The highest BCUT2D eigenvalue weighted by atomic mass is 19.1. The van der Waals surface area contributed by atoms with Crippen molar-refractivity contribution in [1.82, 2.24) is 9.97 Å². The molecule has 1 aliphatic heterocycles. The minimum Gasteiger partial charge on any atom is -0.489 e. The number of aliphatic carboxylic acids is 1. The molecule has 0 saturated carbocycles. The average Bonchev–Trinajstić information content (AvgIpc) is 2.87. The van der Waals surface area contributed by atoms with E-state index in [1.165, 1.54) is 12.1 Å². The summed E-state index contributed by atoms with van der Waals surface area (Å²) in [5.41, 5.74) is 3.90. The molecule has 0 aliphatic carbocycles. The number of piperidine rings is 1. The van der Waals surface area contributed by atoms with Crippen molar-refractivity contribution in [3.8, 4) is 17.0 Å². The van der Waals surface area contributed by atoms with Crippen LogP contribution in [0.2, 0.25) is 0 Å². The summed E-state index contributed by atoms with van der Waals surface area (Å²) in [5.74, 6) is -0.660. The molecule has 0 amide bonds. The van der Waals surface area contributed by atoms with Crippen LogP contribution >= 0.6 is 0 Å². The van der Waals surface area contributed by atoms with E-state index in [0.717, 1.165) is 37.2 Å². The molecule has 0 radical (unpaired) electrons. The van der Waals surface area contributed by atoms with Crippen LogP contribution in [0.4, 0.5) is 10.1 Å². The number of aromatic nitrogens is 2. The van der Waals surface area contributed by atoms with Crippen molar-refractivity contribution in [1.29, 1.82) is 0 Å². The van der Waals surface area contributed by atoms with E-state index in [0.29, 0.717) is 41.3 Å². The molecule has 0 bridgehead atoms. The maximum absolute atomic E-state index is 13.6. The van der Waals surface area contributed by atoms with Crippen LogP contribution < -0.4 is 9.64 Å². The number of pyridine rings is 2. The second-order valence-corrected chi connectivity index (χ2v) is 12.3. The number of hydrogen-bond donors (Lipinski definition) is 1. The van der Waals surface area contributed by atoms with Crippen LogP contribution in [0, 0.1) is 18.2 Å². The molecule has 1 N–H and O–H groups in total. The quantitative estimate of drug-likeness (QED) is 0.315. The van der Waals surface area contributed by atoms with Crippen LogP contribution in [0.25, 0.3) is 11.3 Å². The number of halogens is 1. The van der Waals surface area contributed by atoms with Crippen molar-refractivity contribution >= 4 is 11.7 Å². The summed E-state index contributed by atoms with van der Waals surface area (Å²) in [7, 11) is 0. The number of hydrogen-bond acceptors (Lipinski definition) is 6. The number of aryl methyl sites for hydroxylation is 1. The summed E-state index contributed by atoms with van der Waals surface area (Å²) in [4.78, 5) is 23.6. The van der Waals surface area contributed by atoms with Gasteiger partial charge in [0.15, 0.2) is 11.9 Å². The van der Waals surface area contributed by atoms with E-state index in [1.54, 1.807) is 25.4 Å². The third kappa shape index (κ3) is 7.56. The van der Waals surface area contributed by atoms with Gasteiger partial charge >= 0.3 is 5.97 Å². The summed E-state index contributed by atoms with van der Waals surface area (Å²) in [6.45, 7) is 14.0. The van der Waals surface area contributed by atoms with Crippen molar-refractivity contribution < 1.29 is 23.8 Å². The lowest BCUT2D eigenvalue weighted by molar-refractivity contribution is -0.160. The number of ether oxygens (including phenoxy) is 2. The zero-order chi connectivity index (χ0) is 29.1. The third-order valence-corrected chi connectivity index (χ3v) is 7.24. The predicted octanol–water partition coefficient (Wildman–Crippen LogP) is 6.78. The van der Waals surface area contributed by atoms with Gasteiger partial charge in [0.2, 0.25) is 0 Å². The van der Waals surface area contributed by atoms with Crippen molar-refractivity contribution in [3.63, 3.8) is 0 Å². The Morgan fingerprint density at radius 3 is 2.50 bits per heavy atom. The maximum Gasteiger partial charge on any atom is 0.337 e. The summed E-state index contributed by atoms with van der Waals surface area (Å²) < 4.78 is 25.7. The Morgan fingerprint density at radius 1 is 1.12 bits per heavy atom. The van der Waals surface area contributed by atoms with Crippen molar-refractivity contribution in [3.05, 3.63) is 71.4 Å². The molecule has 1 aliphatic rings. The van der Waals surface area contributed by atoms with Gasteiger partial charge in [-0.1, -0.05) is 26.0 Å². The highest BCUT2D eigenvalue weighted by Crippen LogP contribution is 2.38. The Labute approximate surface area is 236 Å². The van der Waals surface area contributed by atoms with E-state index in [9.17, 15) is 14.3 Å². The minimum absolute atomic E-state index is 0.260. The van der Waals surface area contributed by atoms with Gasteiger partial charge in [-0.25, -0.2) is 9.18 Å². The molecule has 1 atom stereocenters. The average molecular weight is 550 g/mol. The Hall–Kier alpha value is -3.52. The largest absolute Gasteiger partial charge is 0.489 e. The molecule has 1 aromatic carbocycles. The number of benzene rings is 1. The number of anilines is 1. The SMILES string of the molecule is Cc1ncc(-c2cc(N3CCC(C)(C)CC3)c(OCCc3cccc(F)c3)cn2)cc1[C@H](OC(C)(C)C)C(=O)O. The zero-order valence-corrected chi connectivity index (χ0v) is 24.3. The molecule has 2 aromatic heterocycles. The first-order valence-corrected chi connectivity index (χ1v) is 13.8. The summed E-state index contributed by atoms with van der Waals surface area (Å²) in [6, 6.07) is 10.3. The molecule has 1 fully saturated rings. The Morgan fingerprint density at radius 2 is 1.85 bits per heavy atom. The minimum atomic E-state index is -1.15. The van der Waals surface area contributed by atoms with Crippen molar-refractivity contribution in [2.24, 2.45) is 5.41 Å². The number of nitrogens with zero attached hydrogens (tertiary/aromatic N) is 3. The molecule has 40 heavy (non-hydrogen) atoms. The Kier molecular flexibility index (Phi) is 8.78. The molecule has 8 heteroatoms. The number of rotatable bonds is 9. The van der Waals surface area contributed by atoms with Gasteiger partial charge in [0.1, 0.15) is 5.82 Å². The fraction of sp³-hybridized carbons (Fsp3) is 0.469. The lowest BCUT2D eigenvalue weighted by Gasteiger charge is -2.38. The molecular formula is C32H40FN3O4. The van der Waals surface area contributed by atoms with E-state index < -0.39 is 17.7 Å². The molecule has 0 spiro atoms. The highest BCUT2D eigenvalue weighted by molar-refractivity contribution is 5.76.